The Kier molecular flexibility index (Phi) is 3.19. The molecule has 0 aliphatic rings. The Bertz CT molecular complexity index is 603. The fourth-order valence-electron chi connectivity index (χ4n) is 1.63. The molecule has 0 spiro atoms. The predicted octanol–water partition coefficient (Wildman–Crippen LogP) is 3.00. The van der Waals surface area contributed by atoms with Gasteiger partial charge in [0.05, 0.1) is 5.56 Å². The van der Waals surface area contributed by atoms with Gasteiger partial charge in [-0.05, 0) is 29.3 Å². The van der Waals surface area contributed by atoms with E-state index in [4.69, 9.17) is 5.11 Å². The number of hydrogen-bond donors (Lipinski definition) is 1. The summed E-state index contributed by atoms with van der Waals surface area (Å²) in [6.07, 6.45) is 0.706. The first-order chi connectivity index (χ1) is 8.60. The van der Waals surface area contributed by atoms with E-state index in [2.05, 4.69) is 0 Å². The summed E-state index contributed by atoms with van der Waals surface area (Å²) >= 11 is 0. The van der Waals surface area contributed by atoms with Gasteiger partial charge >= 0.3 is 5.97 Å². The van der Waals surface area contributed by atoms with Crippen molar-refractivity contribution in [2.75, 3.05) is 0 Å². The van der Waals surface area contributed by atoms with Crippen LogP contribution >= 0.6 is 0 Å². The molecule has 0 atom stereocenters. The molecular weight excluding hydrogens is 235 g/mol. The number of halogens is 1. The van der Waals surface area contributed by atoms with Crippen LogP contribution in [0.15, 0.2) is 42.5 Å². The average molecular weight is 244 g/mol. The van der Waals surface area contributed by atoms with E-state index in [1.807, 2.05) is 0 Å². The van der Waals surface area contributed by atoms with Crippen molar-refractivity contribution in [2.24, 2.45) is 0 Å². The molecule has 90 valence electrons. The molecule has 4 heteroatoms. The molecule has 0 aliphatic carbocycles. The third-order valence-electron chi connectivity index (χ3n) is 2.52. The standard InChI is InChI=1S/C14H9FO3/c15-13-6-11(5-12(7-13)14(17)18)10-3-1-9(8-16)2-4-10/h1-8H,(H,17,18). The molecule has 18 heavy (non-hydrogen) atoms. The number of aromatic carboxylic acids is 1. The van der Waals surface area contributed by atoms with Gasteiger partial charge in [-0.25, -0.2) is 9.18 Å². The van der Waals surface area contributed by atoms with E-state index >= 15 is 0 Å². The van der Waals surface area contributed by atoms with Crippen LogP contribution in [0.1, 0.15) is 20.7 Å². The molecule has 0 unspecified atom stereocenters. The molecule has 0 bridgehead atoms. The quantitative estimate of drug-likeness (QED) is 0.844. The van der Waals surface area contributed by atoms with Crippen LogP contribution in [0.5, 0.6) is 0 Å². The maximum Gasteiger partial charge on any atom is 0.335 e. The van der Waals surface area contributed by atoms with E-state index in [1.54, 1.807) is 24.3 Å². The van der Waals surface area contributed by atoms with Crippen molar-refractivity contribution >= 4 is 12.3 Å². The van der Waals surface area contributed by atoms with Gasteiger partial charge in [0.2, 0.25) is 0 Å². The van der Waals surface area contributed by atoms with Crippen molar-refractivity contribution in [1.82, 2.24) is 0 Å². The zero-order chi connectivity index (χ0) is 13.1. The highest BCUT2D eigenvalue weighted by atomic mass is 19.1. The summed E-state index contributed by atoms with van der Waals surface area (Å²) in [7, 11) is 0. The smallest absolute Gasteiger partial charge is 0.335 e. The van der Waals surface area contributed by atoms with Crippen molar-refractivity contribution in [1.29, 1.82) is 0 Å². The monoisotopic (exact) mass is 244 g/mol. The first-order valence-electron chi connectivity index (χ1n) is 5.19. The number of hydrogen-bond acceptors (Lipinski definition) is 2. The van der Waals surface area contributed by atoms with E-state index in [9.17, 15) is 14.0 Å². The third-order valence-corrected chi connectivity index (χ3v) is 2.52. The Morgan fingerprint density at radius 3 is 2.28 bits per heavy atom. The van der Waals surface area contributed by atoms with Crippen molar-refractivity contribution in [3.05, 3.63) is 59.4 Å². The Morgan fingerprint density at radius 1 is 1.06 bits per heavy atom. The van der Waals surface area contributed by atoms with Crippen molar-refractivity contribution in [3.8, 4) is 11.1 Å². The van der Waals surface area contributed by atoms with E-state index in [1.165, 1.54) is 12.1 Å². The highest BCUT2D eigenvalue weighted by molar-refractivity contribution is 5.89. The molecule has 0 saturated heterocycles. The molecule has 0 fully saturated rings. The molecule has 0 aliphatic heterocycles. The SMILES string of the molecule is O=Cc1ccc(-c2cc(F)cc(C(=O)O)c2)cc1. The fourth-order valence-corrected chi connectivity index (χ4v) is 1.63. The lowest BCUT2D eigenvalue weighted by Crippen LogP contribution is -1.97. The summed E-state index contributed by atoms with van der Waals surface area (Å²) < 4.78 is 13.3. The zero-order valence-electron chi connectivity index (χ0n) is 9.26. The summed E-state index contributed by atoms with van der Waals surface area (Å²) in [6.45, 7) is 0. The highest BCUT2D eigenvalue weighted by Crippen LogP contribution is 2.22. The van der Waals surface area contributed by atoms with Gasteiger partial charge in [-0.3, -0.25) is 4.79 Å². The summed E-state index contributed by atoms with van der Waals surface area (Å²) in [5, 5.41) is 8.85. The van der Waals surface area contributed by atoms with Crippen LogP contribution in [0.2, 0.25) is 0 Å². The molecular formula is C14H9FO3. The Labute approximate surface area is 103 Å². The number of carbonyl (C=O) groups is 2. The second-order valence-corrected chi connectivity index (χ2v) is 3.77. The highest BCUT2D eigenvalue weighted by Gasteiger charge is 2.08. The number of carboxylic acid groups (broad SMARTS) is 1. The minimum absolute atomic E-state index is 0.107. The van der Waals surface area contributed by atoms with Crippen molar-refractivity contribution < 1.29 is 19.1 Å². The van der Waals surface area contributed by atoms with Crippen molar-refractivity contribution in [2.45, 2.75) is 0 Å². The van der Waals surface area contributed by atoms with Gasteiger partial charge in [0, 0.05) is 5.56 Å². The lowest BCUT2D eigenvalue weighted by atomic mass is 10.0. The van der Waals surface area contributed by atoms with E-state index in [-0.39, 0.29) is 5.56 Å². The number of benzene rings is 2. The van der Waals surface area contributed by atoms with Gasteiger partial charge in [0.15, 0.2) is 0 Å². The van der Waals surface area contributed by atoms with Crippen LogP contribution < -0.4 is 0 Å². The van der Waals surface area contributed by atoms with Crippen LogP contribution in [0, 0.1) is 5.82 Å². The lowest BCUT2D eigenvalue weighted by Gasteiger charge is -2.04. The Morgan fingerprint density at radius 2 is 1.72 bits per heavy atom. The van der Waals surface area contributed by atoms with E-state index < -0.39 is 11.8 Å². The topological polar surface area (TPSA) is 54.4 Å². The van der Waals surface area contributed by atoms with Crippen LogP contribution in [-0.2, 0) is 0 Å². The Hall–Kier alpha value is -2.49. The van der Waals surface area contributed by atoms with Crippen molar-refractivity contribution in [3.63, 3.8) is 0 Å². The third kappa shape index (κ3) is 2.43. The first kappa shape index (κ1) is 12.0. The van der Waals surface area contributed by atoms with E-state index in [0.717, 1.165) is 6.07 Å². The molecule has 0 heterocycles. The average Bonchev–Trinajstić information content (AvgIpc) is 2.38. The summed E-state index contributed by atoms with van der Waals surface area (Å²) in [6, 6.07) is 10.1. The second-order valence-electron chi connectivity index (χ2n) is 3.77. The molecule has 2 rings (SSSR count). The number of carbonyl (C=O) groups excluding carboxylic acids is 1. The molecule has 2 aromatic rings. The van der Waals surface area contributed by atoms with Gasteiger partial charge in [-0.15, -0.1) is 0 Å². The van der Waals surface area contributed by atoms with Gasteiger partial charge < -0.3 is 5.11 Å². The molecule has 0 amide bonds. The number of rotatable bonds is 3. The molecule has 2 aromatic carbocycles. The van der Waals surface area contributed by atoms with Crippen LogP contribution in [0.25, 0.3) is 11.1 Å². The van der Waals surface area contributed by atoms with Gasteiger partial charge in [-0.1, -0.05) is 24.3 Å². The first-order valence-corrected chi connectivity index (χ1v) is 5.19. The van der Waals surface area contributed by atoms with Crippen LogP contribution in [0.3, 0.4) is 0 Å². The minimum Gasteiger partial charge on any atom is -0.478 e. The molecule has 0 radical (unpaired) electrons. The summed E-state index contributed by atoms with van der Waals surface area (Å²) in [4.78, 5) is 21.3. The Balaban J connectivity index is 2.49. The normalized spacial score (nSPS) is 10.1. The maximum absolute atomic E-state index is 13.3. The minimum atomic E-state index is -1.18. The predicted molar refractivity (Wildman–Crippen MR) is 64.2 cm³/mol. The van der Waals surface area contributed by atoms with Crippen LogP contribution in [0.4, 0.5) is 4.39 Å². The van der Waals surface area contributed by atoms with Gasteiger partial charge in [-0.2, -0.15) is 0 Å². The molecule has 1 N–H and O–H groups in total. The zero-order valence-corrected chi connectivity index (χ0v) is 9.26. The maximum atomic E-state index is 13.3. The molecule has 3 nitrogen and oxygen atoms in total. The summed E-state index contributed by atoms with van der Waals surface area (Å²) in [5.74, 6) is -1.79. The van der Waals surface area contributed by atoms with Crippen LogP contribution in [-0.4, -0.2) is 17.4 Å². The summed E-state index contributed by atoms with van der Waals surface area (Å²) in [5.41, 5.74) is 1.52. The molecule has 0 aromatic heterocycles. The van der Waals surface area contributed by atoms with E-state index in [0.29, 0.717) is 23.0 Å². The largest absolute Gasteiger partial charge is 0.478 e. The van der Waals surface area contributed by atoms with Gasteiger partial charge in [0.1, 0.15) is 12.1 Å². The lowest BCUT2D eigenvalue weighted by molar-refractivity contribution is 0.0696. The number of aldehydes is 1. The molecule has 0 saturated carbocycles. The fraction of sp³-hybridized carbons (Fsp3) is 0. The second kappa shape index (κ2) is 4.79. The van der Waals surface area contributed by atoms with Gasteiger partial charge in [0.25, 0.3) is 0 Å². The number of carboxylic acids is 1.